The van der Waals surface area contributed by atoms with E-state index in [1.54, 1.807) is 0 Å². The summed E-state index contributed by atoms with van der Waals surface area (Å²) in [5.74, 6) is 0.0140. The van der Waals surface area contributed by atoms with E-state index in [2.05, 4.69) is 20.0 Å². The van der Waals surface area contributed by atoms with Crippen LogP contribution in [0.4, 0.5) is 16.4 Å². The molecule has 0 spiro atoms. The number of urea groups is 1. The predicted octanol–water partition coefficient (Wildman–Crippen LogP) is 1.97. The lowest BCUT2D eigenvalue weighted by Gasteiger charge is -2.18. The second-order valence-corrected chi connectivity index (χ2v) is 6.19. The van der Waals surface area contributed by atoms with Crippen molar-refractivity contribution in [2.24, 2.45) is 0 Å². The number of carbonyl (C=O) groups excluding carboxylic acids is 2. The zero-order valence-corrected chi connectivity index (χ0v) is 15.3. The SMILES string of the molecule is CC(C)Oc1cc(NC(=O)N(C)c2ccc3c(n2)C(O)OC3=O)ncc1C#N. The average Bonchev–Trinajstić information content (AvgIpc) is 2.94. The number of aliphatic hydroxyl groups excluding tert-OH is 1. The van der Waals surface area contributed by atoms with Crippen molar-refractivity contribution in [3.8, 4) is 11.8 Å². The van der Waals surface area contributed by atoms with Gasteiger partial charge in [-0.1, -0.05) is 0 Å². The van der Waals surface area contributed by atoms with Crippen molar-refractivity contribution >= 4 is 23.6 Å². The summed E-state index contributed by atoms with van der Waals surface area (Å²) in [5, 5.41) is 21.4. The van der Waals surface area contributed by atoms with Crippen LogP contribution in [0.5, 0.6) is 5.75 Å². The molecular weight excluding hydrogens is 366 g/mol. The topological polar surface area (TPSA) is 138 Å². The smallest absolute Gasteiger partial charge is 0.342 e. The molecule has 0 fully saturated rings. The van der Waals surface area contributed by atoms with Crippen LogP contribution >= 0.6 is 0 Å². The molecule has 144 valence electrons. The molecular formula is C18H17N5O5. The lowest BCUT2D eigenvalue weighted by Crippen LogP contribution is -2.32. The molecule has 2 amide bonds. The zero-order valence-electron chi connectivity index (χ0n) is 15.3. The first-order chi connectivity index (χ1) is 13.3. The van der Waals surface area contributed by atoms with Crippen molar-refractivity contribution < 1.29 is 24.2 Å². The molecule has 0 aromatic carbocycles. The summed E-state index contributed by atoms with van der Waals surface area (Å²) >= 11 is 0. The first-order valence-corrected chi connectivity index (χ1v) is 8.31. The van der Waals surface area contributed by atoms with E-state index in [0.717, 1.165) is 0 Å². The second-order valence-electron chi connectivity index (χ2n) is 6.19. The van der Waals surface area contributed by atoms with E-state index in [4.69, 9.17) is 10.00 Å². The Morgan fingerprint density at radius 2 is 2.21 bits per heavy atom. The summed E-state index contributed by atoms with van der Waals surface area (Å²) in [6.45, 7) is 3.63. The van der Waals surface area contributed by atoms with Crippen LogP contribution in [0.1, 0.15) is 41.8 Å². The molecule has 0 radical (unpaired) electrons. The summed E-state index contributed by atoms with van der Waals surface area (Å²) in [4.78, 5) is 33.4. The van der Waals surface area contributed by atoms with Crippen LogP contribution in [-0.2, 0) is 4.74 Å². The van der Waals surface area contributed by atoms with Crippen molar-refractivity contribution in [1.82, 2.24) is 9.97 Å². The van der Waals surface area contributed by atoms with Crippen LogP contribution in [0.3, 0.4) is 0 Å². The number of nitrogens with one attached hydrogen (secondary N) is 1. The highest BCUT2D eigenvalue weighted by atomic mass is 16.6. The molecule has 1 atom stereocenters. The molecule has 2 aromatic heterocycles. The Bertz CT molecular complexity index is 985. The molecule has 1 unspecified atom stereocenters. The fourth-order valence-electron chi connectivity index (χ4n) is 2.47. The Morgan fingerprint density at radius 1 is 1.46 bits per heavy atom. The van der Waals surface area contributed by atoms with Gasteiger partial charge in [-0.2, -0.15) is 5.26 Å². The number of anilines is 2. The van der Waals surface area contributed by atoms with Crippen molar-refractivity contribution in [1.29, 1.82) is 5.26 Å². The first kappa shape index (κ1) is 19.1. The van der Waals surface area contributed by atoms with Gasteiger partial charge in [0.25, 0.3) is 0 Å². The number of esters is 1. The number of ether oxygens (including phenoxy) is 2. The van der Waals surface area contributed by atoms with Crippen molar-refractivity contribution in [3.05, 3.63) is 41.2 Å². The van der Waals surface area contributed by atoms with Crippen LogP contribution in [-0.4, -0.2) is 40.2 Å². The fraction of sp³-hybridized carbons (Fsp3) is 0.278. The van der Waals surface area contributed by atoms with Crippen LogP contribution in [0.2, 0.25) is 0 Å². The number of nitrogens with zero attached hydrogens (tertiary/aromatic N) is 4. The summed E-state index contributed by atoms with van der Waals surface area (Å²) in [6, 6.07) is 5.74. The van der Waals surface area contributed by atoms with Gasteiger partial charge in [-0.25, -0.2) is 19.6 Å². The number of rotatable bonds is 4. The van der Waals surface area contributed by atoms with Gasteiger partial charge >= 0.3 is 12.0 Å². The number of fused-ring (bicyclic) bond motifs is 1. The largest absolute Gasteiger partial charge is 0.489 e. The first-order valence-electron chi connectivity index (χ1n) is 8.31. The third-order valence-electron chi connectivity index (χ3n) is 3.81. The molecule has 10 heteroatoms. The molecule has 10 nitrogen and oxygen atoms in total. The van der Waals surface area contributed by atoms with Gasteiger partial charge in [-0.05, 0) is 26.0 Å². The van der Waals surface area contributed by atoms with E-state index in [9.17, 15) is 14.7 Å². The van der Waals surface area contributed by atoms with Gasteiger partial charge in [-0.3, -0.25) is 10.2 Å². The third kappa shape index (κ3) is 3.70. The summed E-state index contributed by atoms with van der Waals surface area (Å²) in [6.07, 6.45) is -0.317. The predicted molar refractivity (Wildman–Crippen MR) is 96.8 cm³/mol. The van der Waals surface area contributed by atoms with Gasteiger partial charge < -0.3 is 14.6 Å². The monoisotopic (exact) mass is 383 g/mol. The number of hydrogen-bond acceptors (Lipinski definition) is 8. The Balaban J connectivity index is 1.79. The lowest BCUT2D eigenvalue weighted by atomic mass is 10.2. The van der Waals surface area contributed by atoms with Crippen LogP contribution < -0.4 is 15.0 Å². The Kier molecular flexibility index (Phi) is 5.10. The molecule has 0 saturated carbocycles. The fourth-order valence-corrected chi connectivity index (χ4v) is 2.47. The van der Waals surface area contributed by atoms with E-state index in [1.165, 1.54) is 36.3 Å². The minimum Gasteiger partial charge on any atom is -0.489 e. The lowest BCUT2D eigenvalue weighted by molar-refractivity contribution is -0.0567. The zero-order chi connectivity index (χ0) is 20.4. The molecule has 0 bridgehead atoms. The number of amides is 2. The van der Waals surface area contributed by atoms with Crippen molar-refractivity contribution in [3.63, 3.8) is 0 Å². The van der Waals surface area contributed by atoms with Gasteiger partial charge in [0.1, 0.15) is 34.7 Å². The Labute approximate surface area is 160 Å². The molecule has 3 heterocycles. The highest BCUT2D eigenvalue weighted by Crippen LogP contribution is 2.29. The number of aliphatic hydroxyl groups is 1. The van der Waals surface area contributed by atoms with Gasteiger partial charge in [-0.15, -0.1) is 0 Å². The normalized spacial score (nSPS) is 14.9. The average molecular weight is 383 g/mol. The highest BCUT2D eigenvalue weighted by Gasteiger charge is 2.32. The van der Waals surface area contributed by atoms with E-state index < -0.39 is 18.3 Å². The molecule has 3 rings (SSSR count). The Morgan fingerprint density at radius 3 is 2.89 bits per heavy atom. The molecule has 0 saturated heterocycles. The number of hydrogen-bond donors (Lipinski definition) is 2. The van der Waals surface area contributed by atoms with Crippen molar-refractivity contribution in [2.45, 2.75) is 26.2 Å². The molecule has 2 aromatic rings. The van der Waals surface area contributed by atoms with Gasteiger partial charge in [0.2, 0.25) is 6.29 Å². The molecule has 2 N–H and O–H groups in total. The third-order valence-corrected chi connectivity index (χ3v) is 3.81. The molecule has 1 aliphatic rings. The minimum atomic E-state index is -1.46. The molecule has 28 heavy (non-hydrogen) atoms. The maximum Gasteiger partial charge on any atom is 0.342 e. The van der Waals surface area contributed by atoms with Crippen molar-refractivity contribution in [2.75, 3.05) is 17.3 Å². The molecule has 0 aliphatic carbocycles. The number of nitriles is 1. The van der Waals surface area contributed by atoms with Gasteiger partial charge in [0, 0.05) is 13.1 Å². The number of cyclic esters (lactones) is 1. The minimum absolute atomic E-state index is 0.0475. The van der Waals surface area contributed by atoms with Crippen LogP contribution in [0.15, 0.2) is 24.4 Å². The summed E-state index contributed by atoms with van der Waals surface area (Å²) in [5.41, 5.74) is 0.444. The number of pyridine rings is 2. The van der Waals surface area contributed by atoms with E-state index in [1.807, 2.05) is 19.9 Å². The molecule has 1 aliphatic heterocycles. The quantitative estimate of drug-likeness (QED) is 0.764. The van der Waals surface area contributed by atoms with Crippen LogP contribution in [0, 0.1) is 11.3 Å². The maximum atomic E-state index is 12.5. The van der Waals surface area contributed by atoms with E-state index in [0.29, 0.717) is 5.75 Å². The van der Waals surface area contributed by atoms with Gasteiger partial charge in [0.05, 0.1) is 17.9 Å². The standard InChI is InChI=1S/C18H17N5O5/c1-9(2)27-12-6-13(20-8-10(12)7-19)21-18(26)23(3)14-5-4-11-15(22-14)17(25)28-16(11)24/h4-6,8-9,17,25H,1-3H3,(H,20,21,26). The highest BCUT2D eigenvalue weighted by molar-refractivity contribution is 6.01. The van der Waals surface area contributed by atoms with E-state index in [-0.39, 0.29) is 34.6 Å². The Hall–Kier alpha value is -3.71. The maximum absolute atomic E-state index is 12.5. The van der Waals surface area contributed by atoms with Crippen LogP contribution in [0.25, 0.3) is 0 Å². The number of carbonyl (C=O) groups is 2. The summed E-state index contributed by atoms with van der Waals surface area (Å²) < 4.78 is 10.2. The second kappa shape index (κ2) is 7.50. The van der Waals surface area contributed by atoms with E-state index >= 15 is 0 Å². The number of aromatic nitrogens is 2. The summed E-state index contributed by atoms with van der Waals surface area (Å²) in [7, 11) is 1.46. The van der Waals surface area contributed by atoms with Gasteiger partial charge in [0.15, 0.2) is 0 Å².